The normalized spacial score (nSPS) is 17.6. The number of amides is 1. The van der Waals surface area contributed by atoms with Gasteiger partial charge in [-0.3, -0.25) is 14.2 Å². The summed E-state index contributed by atoms with van der Waals surface area (Å²) in [6, 6.07) is 5.43. The fourth-order valence-electron chi connectivity index (χ4n) is 3.05. The van der Waals surface area contributed by atoms with Crippen molar-refractivity contribution in [3.05, 3.63) is 39.4 Å². The van der Waals surface area contributed by atoms with Crippen LogP contribution in [0.3, 0.4) is 0 Å². The van der Waals surface area contributed by atoms with Gasteiger partial charge in [-0.15, -0.1) is 12.4 Å². The van der Waals surface area contributed by atoms with Crippen molar-refractivity contribution in [1.82, 2.24) is 14.5 Å². The highest BCUT2D eigenvalue weighted by Gasteiger charge is 2.25. The van der Waals surface area contributed by atoms with E-state index in [0.29, 0.717) is 24.0 Å². The van der Waals surface area contributed by atoms with Gasteiger partial charge >= 0.3 is 0 Å². The zero-order valence-electron chi connectivity index (χ0n) is 13.2. The number of carbonyl (C=O) groups is 1. The first-order valence-electron chi connectivity index (χ1n) is 7.74. The Bertz CT molecular complexity index is 795. The van der Waals surface area contributed by atoms with Crippen LogP contribution >= 0.6 is 28.3 Å². The number of rotatable bonds is 3. The van der Waals surface area contributed by atoms with Crippen LogP contribution < -0.4 is 11.3 Å². The Morgan fingerprint density at radius 2 is 2.17 bits per heavy atom. The molecule has 1 aromatic heterocycles. The maximum Gasteiger partial charge on any atom is 0.261 e. The van der Waals surface area contributed by atoms with E-state index in [1.54, 1.807) is 17.0 Å². The summed E-state index contributed by atoms with van der Waals surface area (Å²) in [5.41, 5.74) is 6.19. The minimum Gasteiger partial charge on any atom is -0.337 e. The molecule has 1 aliphatic rings. The van der Waals surface area contributed by atoms with Gasteiger partial charge in [-0.2, -0.15) is 0 Å². The smallest absolute Gasteiger partial charge is 0.261 e. The highest BCUT2D eigenvalue weighted by Crippen LogP contribution is 2.17. The summed E-state index contributed by atoms with van der Waals surface area (Å²) < 4.78 is 2.19. The van der Waals surface area contributed by atoms with Crippen molar-refractivity contribution >= 4 is 45.1 Å². The molecule has 6 nitrogen and oxygen atoms in total. The lowest BCUT2D eigenvalue weighted by molar-refractivity contribution is -0.135. The molecule has 1 atom stereocenters. The summed E-state index contributed by atoms with van der Waals surface area (Å²) in [6.45, 7) is 1.18. The molecule has 1 aromatic carbocycles. The monoisotopic (exact) mass is 414 g/mol. The maximum atomic E-state index is 12.6. The lowest BCUT2D eigenvalue weighted by Gasteiger charge is -2.35. The Kier molecular flexibility index (Phi) is 6.37. The highest BCUT2D eigenvalue weighted by atomic mass is 79.9. The van der Waals surface area contributed by atoms with Gasteiger partial charge in [0.15, 0.2) is 0 Å². The summed E-state index contributed by atoms with van der Waals surface area (Å²) in [4.78, 5) is 31.2. The molecule has 130 valence electrons. The van der Waals surface area contributed by atoms with E-state index in [9.17, 15) is 9.59 Å². The highest BCUT2D eigenvalue weighted by molar-refractivity contribution is 9.10. The minimum atomic E-state index is -0.203. The van der Waals surface area contributed by atoms with Crippen molar-refractivity contribution in [2.75, 3.05) is 13.1 Å². The number of nitrogens with two attached hydrogens (primary N) is 1. The number of nitrogens with zero attached hydrogens (tertiary/aromatic N) is 3. The fraction of sp³-hybridized carbons (Fsp3) is 0.438. The summed E-state index contributed by atoms with van der Waals surface area (Å²) in [5, 5.41) is 0.503. The Morgan fingerprint density at radius 3 is 2.92 bits per heavy atom. The number of likely N-dealkylation sites (tertiary alicyclic amines) is 1. The van der Waals surface area contributed by atoms with Crippen molar-refractivity contribution < 1.29 is 4.79 Å². The molecule has 0 spiro atoms. The maximum absolute atomic E-state index is 12.6. The number of carbonyl (C=O) groups excluding carboxylic acids is 1. The Balaban J connectivity index is 0.00000208. The zero-order valence-corrected chi connectivity index (χ0v) is 15.6. The van der Waals surface area contributed by atoms with Crippen LogP contribution in [0.2, 0.25) is 0 Å². The van der Waals surface area contributed by atoms with Gasteiger partial charge in [0.1, 0.15) is 6.54 Å². The van der Waals surface area contributed by atoms with Gasteiger partial charge in [-0.25, -0.2) is 4.98 Å². The van der Waals surface area contributed by atoms with Crippen LogP contribution in [0.1, 0.15) is 19.3 Å². The molecule has 1 aliphatic heterocycles. The summed E-state index contributed by atoms with van der Waals surface area (Å²) >= 11 is 3.36. The van der Waals surface area contributed by atoms with Gasteiger partial charge in [-0.05, 0) is 37.5 Å². The zero-order chi connectivity index (χ0) is 16.4. The number of aromatic nitrogens is 2. The van der Waals surface area contributed by atoms with E-state index in [1.807, 2.05) is 6.07 Å². The predicted octanol–water partition coefficient (Wildman–Crippen LogP) is 1.92. The second kappa shape index (κ2) is 8.09. The second-order valence-corrected chi connectivity index (χ2v) is 6.73. The first-order chi connectivity index (χ1) is 11.1. The van der Waals surface area contributed by atoms with E-state index in [-0.39, 0.29) is 36.5 Å². The molecule has 2 heterocycles. The molecule has 2 N–H and O–H groups in total. The summed E-state index contributed by atoms with van der Waals surface area (Å²) in [7, 11) is 0. The predicted molar refractivity (Wildman–Crippen MR) is 99.4 cm³/mol. The van der Waals surface area contributed by atoms with E-state index >= 15 is 0 Å². The lowest BCUT2D eigenvalue weighted by atomic mass is 10.0. The molecule has 24 heavy (non-hydrogen) atoms. The van der Waals surface area contributed by atoms with Crippen LogP contribution in [0.4, 0.5) is 0 Å². The third-order valence-electron chi connectivity index (χ3n) is 4.31. The molecule has 0 bridgehead atoms. The minimum absolute atomic E-state index is 0. The fourth-order valence-corrected chi connectivity index (χ4v) is 3.42. The SMILES string of the molecule is Cl.NCC1CCCCN1C(=O)Cn1cnc2ccc(Br)cc2c1=O. The van der Waals surface area contributed by atoms with Gasteiger partial charge in [0.25, 0.3) is 5.56 Å². The molecule has 2 aromatic rings. The molecule has 3 rings (SSSR count). The van der Waals surface area contributed by atoms with E-state index in [2.05, 4.69) is 20.9 Å². The van der Waals surface area contributed by atoms with Gasteiger partial charge < -0.3 is 10.6 Å². The number of hydrogen-bond acceptors (Lipinski definition) is 4. The average Bonchev–Trinajstić information content (AvgIpc) is 2.57. The van der Waals surface area contributed by atoms with E-state index in [4.69, 9.17) is 5.73 Å². The second-order valence-electron chi connectivity index (χ2n) is 5.81. The van der Waals surface area contributed by atoms with Gasteiger partial charge in [0.2, 0.25) is 5.91 Å². The third-order valence-corrected chi connectivity index (χ3v) is 4.80. The molecular weight excluding hydrogens is 396 g/mol. The van der Waals surface area contributed by atoms with Crippen molar-refractivity contribution in [2.45, 2.75) is 31.8 Å². The van der Waals surface area contributed by atoms with Crippen LogP contribution in [0.5, 0.6) is 0 Å². The summed E-state index contributed by atoms with van der Waals surface area (Å²) in [6.07, 6.45) is 4.45. The van der Waals surface area contributed by atoms with Crippen LogP contribution in [0.15, 0.2) is 33.8 Å². The average molecular weight is 416 g/mol. The van der Waals surface area contributed by atoms with Crippen LogP contribution in [-0.4, -0.2) is 39.5 Å². The molecule has 1 saturated heterocycles. The van der Waals surface area contributed by atoms with Crippen LogP contribution in [-0.2, 0) is 11.3 Å². The number of piperidine rings is 1. The third kappa shape index (κ3) is 3.79. The van der Waals surface area contributed by atoms with E-state index in [0.717, 1.165) is 23.7 Å². The molecule has 1 unspecified atom stereocenters. The molecule has 1 fully saturated rings. The summed E-state index contributed by atoms with van der Waals surface area (Å²) in [5.74, 6) is -0.0709. The Morgan fingerprint density at radius 1 is 1.38 bits per heavy atom. The number of benzene rings is 1. The molecular formula is C16H20BrClN4O2. The van der Waals surface area contributed by atoms with Crippen molar-refractivity contribution in [3.8, 4) is 0 Å². The van der Waals surface area contributed by atoms with Crippen molar-refractivity contribution in [2.24, 2.45) is 5.73 Å². The van der Waals surface area contributed by atoms with E-state index < -0.39 is 0 Å². The molecule has 0 radical (unpaired) electrons. The topological polar surface area (TPSA) is 81.2 Å². The quantitative estimate of drug-likeness (QED) is 0.830. The standard InChI is InChI=1S/C16H19BrN4O2.ClH/c17-11-4-5-14-13(7-11)16(23)20(10-19-14)9-15(22)21-6-2-1-3-12(21)8-18;/h4-5,7,10,12H,1-3,6,8-9,18H2;1H. The van der Waals surface area contributed by atoms with Gasteiger partial charge in [-0.1, -0.05) is 15.9 Å². The van der Waals surface area contributed by atoms with Crippen LogP contribution in [0.25, 0.3) is 10.9 Å². The number of fused-ring (bicyclic) bond motifs is 1. The first-order valence-corrected chi connectivity index (χ1v) is 8.53. The molecule has 8 heteroatoms. The first kappa shape index (κ1) is 18.9. The number of halogens is 2. The lowest BCUT2D eigenvalue weighted by Crippen LogP contribution is -2.49. The Hall–Kier alpha value is -1.44. The number of hydrogen-bond donors (Lipinski definition) is 1. The van der Waals surface area contributed by atoms with Crippen LogP contribution in [0, 0.1) is 0 Å². The van der Waals surface area contributed by atoms with E-state index in [1.165, 1.54) is 10.9 Å². The molecule has 0 aliphatic carbocycles. The van der Waals surface area contributed by atoms with Crippen molar-refractivity contribution in [1.29, 1.82) is 0 Å². The van der Waals surface area contributed by atoms with Gasteiger partial charge in [0.05, 0.1) is 17.2 Å². The molecule has 1 amide bonds. The molecule has 0 saturated carbocycles. The van der Waals surface area contributed by atoms with Gasteiger partial charge in [0, 0.05) is 23.6 Å². The Labute approximate surface area is 154 Å². The largest absolute Gasteiger partial charge is 0.337 e. The van der Waals surface area contributed by atoms with Crippen molar-refractivity contribution in [3.63, 3.8) is 0 Å².